The van der Waals surface area contributed by atoms with Crippen LogP contribution in [0.15, 0.2) is 17.5 Å². The lowest BCUT2D eigenvalue weighted by Gasteiger charge is -2.19. The zero-order chi connectivity index (χ0) is 11.5. The Labute approximate surface area is 96.5 Å². The summed E-state index contributed by atoms with van der Waals surface area (Å²) in [6, 6.07) is 4.21. The summed E-state index contributed by atoms with van der Waals surface area (Å²) in [5.74, 6) is 0.821. The maximum atomic E-state index is 11.8. The Bertz CT molecular complexity index is 306. The number of carbonyl (C=O) groups excluding carboxylic acids is 1. The van der Waals surface area contributed by atoms with Crippen LogP contribution in [0.1, 0.15) is 39.0 Å². The molecular weight excluding hydrogens is 204 g/mol. The molecule has 1 aromatic rings. The van der Waals surface area contributed by atoms with Crippen molar-refractivity contribution in [1.29, 1.82) is 0 Å². The van der Waals surface area contributed by atoms with Gasteiger partial charge in [0.05, 0.1) is 0 Å². The summed E-state index contributed by atoms with van der Waals surface area (Å²) in [5.41, 5.74) is -0.191. The van der Waals surface area contributed by atoms with E-state index >= 15 is 0 Å². The van der Waals surface area contributed by atoms with Crippen molar-refractivity contribution in [2.75, 3.05) is 0 Å². The molecule has 0 aliphatic heterocycles. The highest BCUT2D eigenvalue weighted by atomic mass is 32.1. The first-order valence-electron chi connectivity index (χ1n) is 5.45. The smallest absolute Gasteiger partial charge is 0.138 e. The zero-order valence-corrected chi connectivity index (χ0v) is 10.9. The highest BCUT2D eigenvalue weighted by Gasteiger charge is 2.22. The van der Waals surface area contributed by atoms with Crippen LogP contribution in [0.5, 0.6) is 0 Å². The van der Waals surface area contributed by atoms with Crippen molar-refractivity contribution in [2.45, 2.75) is 40.5 Å². The van der Waals surface area contributed by atoms with Gasteiger partial charge in [0.2, 0.25) is 0 Å². The molecule has 2 heteroatoms. The van der Waals surface area contributed by atoms with Gasteiger partial charge in [0, 0.05) is 16.7 Å². The Hall–Kier alpha value is -0.630. The fourth-order valence-electron chi connectivity index (χ4n) is 1.47. The molecule has 0 N–H and O–H groups in total. The minimum absolute atomic E-state index is 0.191. The third kappa shape index (κ3) is 4.17. The Balaban J connectivity index is 2.43. The molecule has 0 spiro atoms. The monoisotopic (exact) mass is 224 g/mol. The van der Waals surface area contributed by atoms with Crippen molar-refractivity contribution >= 4 is 17.1 Å². The number of carbonyl (C=O) groups is 1. The van der Waals surface area contributed by atoms with Crippen LogP contribution in [0.3, 0.4) is 0 Å². The Morgan fingerprint density at radius 3 is 2.60 bits per heavy atom. The highest BCUT2D eigenvalue weighted by Crippen LogP contribution is 2.22. The fraction of sp³-hybridized carbons (Fsp3) is 0.615. The minimum Gasteiger partial charge on any atom is -0.299 e. The van der Waals surface area contributed by atoms with E-state index in [1.54, 1.807) is 11.3 Å². The molecule has 84 valence electrons. The SMILES string of the molecule is C[C@H](CC(=O)C(C)(C)C)Cc1cccs1. The van der Waals surface area contributed by atoms with Crippen LogP contribution in [0, 0.1) is 11.3 Å². The topological polar surface area (TPSA) is 17.1 Å². The summed E-state index contributed by atoms with van der Waals surface area (Å²) < 4.78 is 0. The maximum Gasteiger partial charge on any atom is 0.138 e. The Kier molecular flexibility index (Phi) is 4.09. The molecule has 0 amide bonds. The second kappa shape index (κ2) is 4.93. The van der Waals surface area contributed by atoms with Crippen molar-refractivity contribution in [3.63, 3.8) is 0 Å². The number of thiophene rings is 1. The third-order valence-electron chi connectivity index (χ3n) is 2.50. The molecule has 0 saturated heterocycles. The molecule has 1 aromatic heterocycles. The van der Waals surface area contributed by atoms with E-state index < -0.39 is 0 Å². The molecular formula is C13H20OS. The van der Waals surface area contributed by atoms with Crippen molar-refractivity contribution in [3.8, 4) is 0 Å². The normalized spacial score (nSPS) is 13.9. The third-order valence-corrected chi connectivity index (χ3v) is 3.40. The molecule has 0 aliphatic carbocycles. The summed E-state index contributed by atoms with van der Waals surface area (Å²) >= 11 is 1.77. The average molecular weight is 224 g/mol. The molecule has 1 heterocycles. The van der Waals surface area contributed by atoms with E-state index in [9.17, 15) is 4.79 Å². The highest BCUT2D eigenvalue weighted by molar-refractivity contribution is 7.09. The molecule has 0 unspecified atom stereocenters. The molecule has 0 aromatic carbocycles. The van der Waals surface area contributed by atoms with E-state index in [0.29, 0.717) is 18.1 Å². The lowest BCUT2D eigenvalue weighted by atomic mass is 9.85. The zero-order valence-electron chi connectivity index (χ0n) is 10.0. The van der Waals surface area contributed by atoms with E-state index in [0.717, 1.165) is 6.42 Å². The van der Waals surface area contributed by atoms with Crippen LogP contribution >= 0.6 is 11.3 Å². The van der Waals surface area contributed by atoms with E-state index in [2.05, 4.69) is 24.4 Å². The van der Waals surface area contributed by atoms with Gasteiger partial charge < -0.3 is 0 Å². The van der Waals surface area contributed by atoms with Crippen molar-refractivity contribution in [1.82, 2.24) is 0 Å². The standard InChI is InChI=1S/C13H20OS/c1-10(8-11-6-5-7-15-11)9-12(14)13(2,3)4/h5-7,10H,8-9H2,1-4H3/t10-/m0/s1. The van der Waals surface area contributed by atoms with Crippen molar-refractivity contribution in [2.24, 2.45) is 11.3 Å². The molecule has 0 aliphatic rings. The van der Waals surface area contributed by atoms with Gasteiger partial charge in [0.1, 0.15) is 5.78 Å². The average Bonchev–Trinajstić information content (AvgIpc) is 2.54. The molecule has 1 rings (SSSR count). The van der Waals surface area contributed by atoms with Crippen molar-refractivity contribution in [3.05, 3.63) is 22.4 Å². The molecule has 1 atom stereocenters. The van der Waals surface area contributed by atoms with Crippen molar-refractivity contribution < 1.29 is 4.79 Å². The number of rotatable bonds is 4. The van der Waals surface area contributed by atoms with Crippen LogP contribution in [0.25, 0.3) is 0 Å². The van der Waals surface area contributed by atoms with Gasteiger partial charge in [0.25, 0.3) is 0 Å². The van der Waals surface area contributed by atoms with E-state index in [4.69, 9.17) is 0 Å². The summed E-state index contributed by atoms with van der Waals surface area (Å²) in [6.07, 6.45) is 1.72. The number of hydrogen-bond donors (Lipinski definition) is 0. The fourth-order valence-corrected chi connectivity index (χ4v) is 2.34. The predicted octanol–water partition coefficient (Wildman–Crippen LogP) is 3.93. The predicted molar refractivity (Wildman–Crippen MR) is 66.3 cm³/mol. The lowest BCUT2D eigenvalue weighted by Crippen LogP contribution is -2.22. The maximum absolute atomic E-state index is 11.8. The van der Waals surface area contributed by atoms with Gasteiger partial charge in [0.15, 0.2) is 0 Å². The van der Waals surface area contributed by atoms with Crippen LogP contribution in [0.4, 0.5) is 0 Å². The first-order valence-corrected chi connectivity index (χ1v) is 6.33. The quantitative estimate of drug-likeness (QED) is 0.757. The summed E-state index contributed by atoms with van der Waals surface area (Å²) in [6.45, 7) is 8.14. The second-order valence-electron chi connectivity index (χ2n) is 5.27. The molecule has 0 radical (unpaired) electrons. The molecule has 0 fully saturated rings. The first kappa shape index (κ1) is 12.4. The van der Waals surface area contributed by atoms with E-state index in [1.165, 1.54) is 4.88 Å². The molecule has 1 nitrogen and oxygen atoms in total. The minimum atomic E-state index is -0.191. The lowest BCUT2D eigenvalue weighted by molar-refractivity contribution is -0.127. The van der Waals surface area contributed by atoms with E-state index in [1.807, 2.05) is 20.8 Å². The number of Topliss-reactive ketones (excluding diaryl/α,β-unsaturated/α-hetero) is 1. The Morgan fingerprint density at radius 2 is 2.13 bits per heavy atom. The van der Waals surface area contributed by atoms with Gasteiger partial charge in [-0.15, -0.1) is 11.3 Å². The molecule has 0 bridgehead atoms. The van der Waals surface area contributed by atoms with Gasteiger partial charge >= 0.3 is 0 Å². The summed E-state index contributed by atoms with van der Waals surface area (Å²) in [7, 11) is 0. The van der Waals surface area contributed by atoms with Crippen LogP contribution < -0.4 is 0 Å². The number of ketones is 1. The van der Waals surface area contributed by atoms with Crippen LogP contribution in [-0.2, 0) is 11.2 Å². The largest absolute Gasteiger partial charge is 0.299 e. The van der Waals surface area contributed by atoms with Gasteiger partial charge in [-0.3, -0.25) is 4.79 Å². The van der Waals surface area contributed by atoms with Gasteiger partial charge in [-0.05, 0) is 23.8 Å². The molecule has 0 saturated carbocycles. The van der Waals surface area contributed by atoms with E-state index in [-0.39, 0.29) is 5.41 Å². The first-order chi connectivity index (χ1) is 6.89. The van der Waals surface area contributed by atoms with Crippen LogP contribution in [0.2, 0.25) is 0 Å². The second-order valence-corrected chi connectivity index (χ2v) is 6.30. The summed E-state index contributed by atoms with van der Waals surface area (Å²) in [5, 5.41) is 2.09. The summed E-state index contributed by atoms with van der Waals surface area (Å²) in [4.78, 5) is 13.2. The van der Waals surface area contributed by atoms with Gasteiger partial charge in [-0.2, -0.15) is 0 Å². The van der Waals surface area contributed by atoms with Crippen LogP contribution in [-0.4, -0.2) is 5.78 Å². The molecule has 15 heavy (non-hydrogen) atoms. The Morgan fingerprint density at radius 1 is 1.47 bits per heavy atom. The van der Waals surface area contributed by atoms with Gasteiger partial charge in [-0.1, -0.05) is 33.8 Å². The van der Waals surface area contributed by atoms with Gasteiger partial charge in [-0.25, -0.2) is 0 Å². The number of hydrogen-bond acceptors (Lipinski definition) is 2.